The van der Waals surface area contributed by atoms with Crippen LogP contribution in [0.3, 0.4) is 0 Å². The van der Waals surface area contributed by atoms with E-state index < -0.39 is 0 Å². The minimum Gasteiger partial charge on any atom is -0.379 e. The lowest BCUT2D eigenvalue weighted by molar-refractivity contribution is 0.0594. The molecule has 2 atom stereocenters. The van der Waals surface area contributed by atoms with Crippen LogP contribution in [0.5, 0.6) is 0 Å². The molecule has 1 rings (SSSR count). The molecule has 1 heterocycles. The smallest absolute Gasteiger partial charge is 0.146 e. The lowest BCUT2D eigenvalue weighted by Gasteiger charge is -2.27. The number of nitrogens with one attached hydrogen (secondary N) is 1. The van der Waals surface area contributed by atoms with Crippen molar-refractivity contribution in [3.63, 3.8) is 0 Å². The highest BCUT2D eigenvalue weighted by Crippen LogP contribution is 2.24. The van der Waals surface area contributed by atoms with Crippen LogP contribution in [0.4, 0.5) is 4.39 Å². The summed E-state index contributed by atoms with van der Waals surface area (Å²) in [5, 5.41) is 3.37. The van der Waals surface area contributed by atoms with Crippen LogP contribution in [0, 0.1) is 5.82 Å². The molecule has 2 unspecified atom stereocenters. The van der Waals surface area contributed by atoms with Crippen LogP contribution in [-0.4, -0.2) is 24.7 Å². The van der Waals surface area contributed by atoms with Gasteiger partial charge >= 0.3 is 0 Å². The zero-order chi connectivity index (χ0) is 13.4. The summed E-state index contributed by atoms with van der Waals surface area (Å²) in [6.07, 6.45) is 5.78. The third-order valence-electron chi connectivity index (χ3n) is 3.00. The Kier molecular flexibility index (Phi) is 6.83. The van der Waals surface area contributed by atoms with Crippen LogP contribution in [0.2, 0.25) is 0 Å². The summed E-state index contributed by atoms with van der Waals surface area (Å²) in [5.74, 6) is -0.274. The van der Waals surface area contributed by atoms with Gasteiger partial charge in [-0.2, -0.15) is 0 Å². The van der Waals surface area contributed by atoms with E-state index in [4.69, 9.17) is 4.74 Å². The number of pyridine rings is 1. The number of halogens is 1. The standard InChI is InChI=1S/C14H23FN2O/c1-4-6-13(18-3)14(17-8-5-2)11-7-9-16-10-12(11)15/h7,9-10,13-14,17H,4-6,8H2,1-3H3. The number of hydrogen-bond acceptors (Lipinski definition) is 3. The van der Waals surface area contributed by atoms with Gasteiger partial charge in [-0.25, -0.2) is 4.39 Å². The van der Waals surface area contributed by atoms with Crippen molar-refractivity contribution in [1.29, 1.82) is 0 Å². The highest BCUT2D eigenvalue weighted by atomic mass is 19.1. The molecule has 0 saturated carbocycles. The first-order chi connectivity index (χ1) is 8.74. The molecule has 0 aliphatic rings. The van der Waals surface area contributed by atoms with Gasteiger partial charge in [0.05, 0.1) is 18.3 Å². The molecule has 1 N–H and O–H groups in total. The van der Waals surface area contributed by atoms with Crippen LogP contribution >= 0.6 is 0 Å². The topological polar surface area (TPSA) is 34.2 Å². The van der Waals surface area contributed by atoms with Gasteiger partial charge in [-0.05, 0) is 25.5 Å². The van der Waals surface area contributed by atoms with Gasteiger partial charge in [0.2, 0.25) is 0 Å². The number of hydrogen-bond donors (Lipinski definition) is 1. The molecule has 0 amide bonds. The highest BCUT2D eigenvalue weighted by molar-refractivity contribution is 5.19. The molecule has 0 fully saturated rings. The number of aromatic nitrogens is 1. The molecule has 0 spiro atoms. The second kappa shape index (κ2) is 8.16. The first kappa shape index (κ1) is 15.1. The quantitative estimate of drug-likeness (QED) is 0.774. The maximum Gasteiger partial charge on any atom is 0.146 e. The number of nitrogens with zero attached hydrogens (tertiary/aromatic N) is 1. The summed E-state index contributed by atoms with van der Waals surface area (Å²) >= 11 is 0. The highest BCUT2D eigenvalue weighted by Gasteiger charge is 2.24. The first-order valence-corrected chi connectivity index (χ1v) is 6.60. The maximum absolute atomic E-state index is 13.8. The van der Waals surface area contributed by atoms with Crippen molar-refractivity contribution in [2.75, 3.05) is 13.7 Å². The fourth-order valence-electron chi connectivity index (χ4n) is 2.08. The lowest BCUT2D eigenvalue weighted by Crippen LogP contribution is -2.34. The average molecular weight is 254 g/mol. The zero-order valence-electron chi connectivity index (χ0n) is 11.4. The fraction of sp³-hybridized carbons (Fsp3) is 0.643. The van der Waals surface area contributed by atoms with Crippen molar-refractivity contribution in [2.45, 2.75) is 45.3 Å². The third kappa shape index (κ3) is 4.03. The van der Waals surface area contributed by atoms with Gasteiger partial charge in [-0.3, -0.25) is 4.98 Å². The van der Waals surface area contributed by atoms with Gasteiger partial charge in [0.1, 0.15) is 5.82 Å². The minimum absolute atomic E-state index is 0.0153. The largest absolute Gasteiger partial charge is 0.379 e. The van der Waals surface area contributed by atoms with E-state index in [1.54, 1.807) is 19.4 Å². The monoisotopic (exact) mass is 254 g/mol. The molecule has 4 heteroatoms. The maximum atomic E-state index is 13.8. The molecule has 1 aromatic heterocycles. The SMILES string of the molecule is CCCNC(c1ccncc1F)C(CCC)OC. The van der Waals surface area contributed by atoms with Crippen molar-refractivity contribution in [2.24, 2.45) is 0 Å². The van der Waals surface area contributed by atoms with Gasteiger partial charge < -0.3 is 10.1 Å². The molecule has 18 heavy (non-hydrogen) atoms. The van der Waals surface area contributed by atoms with Crippen LogP contribution in [-0.2, 0) is 4.74 Å². The normalized spacial score (nSPS) is 14.4. The van der Waals surface area contributed by atoms with Crippen molar-refractivity contribution in [3.05, 3.63) is 29.8 Å². The van der Waals surface area contributed by atoms with Gasteiger partial charge in [-0.15, -0.1) is 0 Å². The Morgan fingerprint density at radius 1 is 1.39 bits per heavy atom. The summed E-state index contributed by atoms with van der Waals surface area (Å²) in [7, 11) is 1.68. The van der Waals surface area contributed by atoms with E-state index >= 15 is 0 Å². The number of methoxy groups -OCH3 is 1. The van der Waals surface area contributed by atoms with Gasteiger partial charge in [-0.1, -0.05) is 20.3 Å². The number of rotatable bonds is 8. The predicted octanol–water partition coefficient (Wildman–Crippen LogP) is 3.08. The van der Waals surface area contributed by atoms with E-state index in [2.05, 4.69) is 24.1 Å². The number of ether oxygens (including phenoxy) is 1. The van der Waals surface area contributed by atoms with Crippen molar-refractivity contribution in [3.8, 4) is 0 Å². The van der Waals surface area contributed by atoms with E-state index in [0.29, 0.717) is 5.56 Å². The fourth-order valence-corrected chi connectivity index (χ4v) is 2.08. The molecule has 102 valence electrons. The van der Waals surface area contributed by atoms with E-state index in [1.807, 2.05) is 0 Å². The molecule has 0 bridgehead atoms. The second-order valence-corrected chi connectivity index (χ2v) is 4.39. The van der Waals surface area contributed by atoms with Crippen LogP contribution in [0.1, 0.15) is 44.7 Å². The van der Waals surface area contributed by atoms with Crippen LogP contribution in [0.25, 0.3) is 0 Å². The molecule has 0 aliphatic carbocycles. The molecular weight excluding hydrogens is 231 g/mol. The minimum atomic E-state index is -0.274. The molecule has 0 radical (unpaired) electrons. The average Bonchev–Trinajstić information content (AvgIpc) is 2.39. The predicted molar refractivity (Wildman–Crippen MR) is 70.9 cm³/mol. The van der Waals surface area contributed by atoms with E-state index in [0.717, 1.165) is 25.8 Å². The Hall–Kier alpha value is -1.00. The Morgan fingerprint density at radius 3 is 2.72 bits per heavy atom. The zero-order valence-corrected chi connectivity index (χ0v) is 11.4. The van der Waals surface area contributed by atoms with E-state index in [9.17, 15) is 4.39 Å². The summed E-state index contributed by atoms with van der Waals surface area (Å²) in [6, 6.07) is 1.61. The molecule has 0 aliphatic heterocycles. The Bertz CT molecular complexity index is 346. The first-order valence-electron chi connectivity index (χ1n) is 6.60. The molecule has 1 aromatic rings. The second-order valence-electron chi connectivity index (χ2n) is 4.39. The summed E-state index contributed by atoms with van der Waals surface area (Å²) in [4.78, 5) is 3.80. The summed E-state index contributed by atoms with van der Waals surface area (Å²) < 4.78 is 19.4. The Balaban J connectivity index is 2.92. The molecule has 3 nitrogen and oxygen atoms in total. The Morgan fingerprint density at radius 2 is 2.17 bits per heavy atom. The molecular formula is C14H23FN2O. The van der Waals surface area contributed by atoms with E-state index in [-0.39, 0.29) is 18.0 Å². The van der Waals surface area contributed by atoms with Gasteiger partial charge in [0, 0.05) is 18.9 Å². The van der Waals surface area contributed by atoms with Crippen molar-refractivity contribution < 1.29 is 9.13 Å². The Labute approximate surface area is 109 Å². The van der Waals surface area contributed by atoms with Crippen molar-refractivity contribution >= 4 is 0 Å². The third-order valence-corrected chi connectivity index (χ3v) is 3.00. The summed E-state index contributed by atoms with van der Waals surface area (Å²) in [5.41, 5.74) is 0.638. The molecule has 0 aromatic carbocycles. The van der Waals surface area contributed by atoms with Gasteiger partial charge in [0.25, 0.3) is 0 Å². The summed E-state index contributed by atoms with van der Waals surface area (Å²) in [6.45, 7) is 5.04. The lowest BCUT2D eigenvalue weighted by atomic mass is 9.98. The molecule has 0 saturated heterocycles. The van der Waals surface area contributed by atoms with Crippen LogP contribution < -0.4 is 5.32 Å². The van der Waals surface area contributed by atoms with Crippen molar-refractivity contribution in [1.82, 2.24) is 10.3 Å². The van der Waals surface area contributed by atoms with E-state index in [1.165, 1.54) is 6.20 Å². The van der Waals surface area contributed by atoms with Gasteiger partial charge in [0.15, 0.2) is 0 Å². The van der Waals surface area contributed by atoms with Crippen LogP contribution in [0.15, 0.2) is 18.5 Å².